The number of furan rings is 1. The van der Waals surface area contributed by atoms with Crippen LogP contribution in [-0.2, 0) is 19.6 Å². The molecule has 2 unspecified atom stereocenters. The summed E-state index contributed by atoms with van der Waals surface area (Å²) in [5.74, 6) is 0.605. The van der Waals surface area contributed by atoms with Crippen LogP contribution in [0.5, 0.6) is 0 Å². The SMILES string of the molecule is CC(=O)SCC(=O)C1=CC(C)C(NS(=O)(=O)c2cc(C)oc2C)C=C1. The highest BCUT2D eigenvalue weighted by atomic mass is 32.2. The maximum absolute atomic E-state index is 12.5. The number of Topliss-reactive ketones (excluding diaryl/α,β-unsaturated/α-hetero) is 1. The first-order chi connectivity index (χ1) is 11.6. The molecule has 1 heterocycles. The van der Waals surface area contributed by atoms with E-state index >= 15 is 0 Å². The van der Waals surface area contributed by atoms with Gasteiger partial charge in [-0.1, -0.05) is 36.9 Å². The number of hydrogen-bond donors (Lipinski definition) is 1. The Labute approximate surface area is 151 Å². The molecule has 0 radical (unpaired) electrons. The summed E-state index contributed by atoms with van der Waals surface area (Å²) in [6.07, 6.45) is 4.99. The third kappa shape index (κ3) is 4.93. The van der Waals surface area contributed by atoms with Crippen LogP contribution in [0.2, 0.25) is 0 Å². The fourth-order valence-electron chi connectivity index (χ4n) is 2.52. The zero-order valence-corrected chi connectivity index (χ0v) is 16.2. The molecule has 0 spiro atoms. The molecule has 1 aliphatic rings. The Bertz CT molecular complexity index is 848. The molecule has 0 saturated heterocycles. The van der Waals surface area contributed by atoms with Gasteiger partial charge in [-0.15, -0.1) is 0 Å². The Balaban J connectivity index is 2.09. The van der Waals surface area contributed by atoms with Crippen molar-refractivity contribution in [2.75, 3.05) is 5.75 Å². The van der Waals surface area contributed by atoms with Crippen molar-refractivity contribution >= 4 is 32.7 Å². The van der Waals surface area contributed by atoms with Gasteiger partial charge < -0.3 is 4.42 Å². The summed E-state index contributed by atoms with van der Waals surface area (Å²) in [5, 5.41) is -0.113. The zero-order chi connectivity index (χ0) is 18.8. The number of sulfonamides is 1. The number of aryl methyl sites for hydroxylation is 2. The van der Waals surface area contributed by atoms with Gasteiger partial charge in [-0.25, -0.2) is 13.1 Å². The van der Waals surface area contributed by atoms with Crippen molar-refractivity contribution in [3.8, 4) is 0 Å². The molecule has 2 atom stereocenters. The topological polar surface area (TPSA) is 93.5 Å². The van der Waals surface area contributed by atoms with Crippen molar-refractivity contribution in [1.29, 1.82) is 0 Å². The Morgan fingerprint density at radius 1 is 1.32 bits per heavy atom. The Morgan fingerprint density at radius 3 is 2.52 bits per heavy atom. The largest absolute Gasteiger partial charge is 0.465 e. The van der Waals surface area contributed by atoms with Gasteiger partial charge in [-0.2, -0.15) is 0 Å². The number of allylic oxidation sites excluding steroid dienone is 2. The van der Waals surface area contributed by atoms with E-state index in [-0.39, 0.29) is 27.5 Å². The molecule has 6 nitrogen and oxygen atoms in total. The summed E-state index contributed by atoms with van der Waals surface area (Å²) in [6.45, 7) is 6.53. The summed E-state index contributed by atoms with van der Waals surface area (Å²) in [4.78, 5) is 23.1. The number of hydrogen-bond acceptors (Lipinski definition) is 6. The number of thioether (sulfide) groups is 1. The van der Waals surface area contributed by atoms with Crippen LogP contribution >= 0.6 is 11.8 Å². The summed E-state index contributed by atoms with van der Waals surface area (Å²) in [7, 11) is -3.72. The Morgan fingerprint density at radius 2 is 2.00 bits per heavy atom. The molecule has 0 bridgehead atoms. The van der Waals surface area contributed by atoms with E-state index in [0.717, 1.165) is 11.8 Å². The van der Waals surface area contributed by atoms with E-state index in [1.807, 2.05) is 6.92 Å². The highest BCUT2D eigenvalue weighted by Crippen LogP contribution is 2.23. The van der Waals surface area contributed by atoms with Gasteiger partial charge in [0.15, 0.2) is 10.9 Å². The van der Waals surface area contributed by atoms with E-state index in [9.17, 15) is 18.0 Å². The van der Waals surface area contributed by atoms with Crippen LogP contribution in [0.15, 0.2) is 39.2 Å². The van der Waals surface area contributed by atoms with Gasteiger partial charge in [0, 0.05) is 18.5 Å². The summed E-state index contributed by atoms with van der Waals surface area (Å²) in [6, 6.07) is 1.02. The maximum Gasteiger partial charge on any atom is 0.244 e. The average Bonchev–Trinajstić information content (AvgIpc) is 2.86. The van der Waals surface area contributed by atoms with Crippen molar-refractivity contribution in [3.05, 3.63) is 41.4 Å². The second-order valence-electron chi connectivity index (χ2n) is 5.97. The standard InChI is InChI=1S/C17H21NO5S2/c1-10-7-14(16(20)9-24-13(4)19)5-6-15(10)18-25(21,22)17-8-11(2)23-12(17)3/h5-8,10,15,18H,9H2,1-4H3. The molecule has 0 aliphatic heterocycles. The molecule has 1 aromatic heterocycles. The van der Waals surface area contributed by atoms with Crippen molar-refractivity contribution in [2.24, 2.45) is 5.92 Å². The third-order valence-electron chi connectivity index (χ3n) is 3.80. The Hall–Kier alpha value is -1.64. The van der Waals surface area contributed by atoms with Gasteiger partial charge in [0.2, 0.25) is 10.0 Å². The summed E-state index contributed by atoms with van der Waals surface area (Å²) >= 11 is 0.961. The van der Waals surface area contributed by atoms with E-state index in [4.69, 9.17) is 4.42 Å². The number of ketones is 1. The fraction of sp³-hybridized carbons (Fsp3) is 0.412. The number of nitrogens with one attached hydrogen (secondary N) is 1. The molecule has 0 fully saturated rings. The molecular weight excluding hydrogens is 362 g/mol. The monoisotopic (exact) mass is 383 g/mol. The van der Waals surface area contributed by atoms with Gasteiger partial charge in [-0.05, 0) is 25.8 Å². The normalized spacial score (nSPS) is 20.4. The molecule has 1 aliphatic carbocycles. The minimum atomic E-state index is -3.72. The molecule has 0 saturated carbocycles. The van der Waals surface area contributed by atoms with Crippen molar-refractivity contribution in [1.82, 2.24) is 4.72 Å². The number of carbonyl (C=O) groups is 2. The molecular formula is C17H21NO5S2. The minimum Gasteiger partial charge on any atom is -0.465 e. The lowest BCUT2D eigenvalue weighted by atomic mass is 9.92. The van der Waals surface area contributed by atoms with Gasteiger partial charge in [0.25, 0.3) is 0 Å². The minimum absolute atomic E-state index is 0.0854. The molecule has 0 amide bonds. The van der Waals surface area contributed by atoms with Crippen LogP contribution in [0.1, 0.15) is 25.4 Å². The highest BCUT2D eigenvalue weighted by molar-refractivity contribution is 8.14. The van der Waals surface area contributed by atoms with E-state index in [1.54, 1.807) is 32.1 Å². The van der Waals surface area contributed by atoms with E-state index in [0.29, 0.717) is 17.1 Å². The first-order valence-corrected chi connectivity index (χ1v) is 10.2. The third-order valence-corrected chi connectivity index (χ3v) is 6.18. The van der Waals surface area contributed by atoms with Gasteiger partial charge in [-0.3, -0.25) is 9.59 Å². The predicted molar refractivity (Wildman–Crippen MR) is 96.8 cm³/mol. The first-order valence-electron chi connectivity index (χ1n) is 7.76. The highest BCUT2D eigenvalue weighted by Gasteiger charge is 2.27. The average molecular weight is 383 g/mol. The van der Waals surface area contributed by atoms with Crippen LogP contribution in [0.4, 0.5) is 0 Å². The van der Waals surface area contributed by atoms with Gasteiger partial charge >= 0.3 is 0 Å². The van der Waals surface area contributed by atoms with E-state index in [2.05, 4.69) is 4.72 Å². The molecule has 1 aromatic rings. The van der Waals surface area contributed by atoms with Crippen molar-refractivity contribution in [2.45, 2.75) is 38.6 Å². The molecule has 2 rings (SSSR count). The van der Waals surface area contributed by atoms with Crippen molar-refractivity contribution < 1.29 is 22.4 Å². The van der Waals surface area contributed by atoms with Gasteiger partial charge in [0.1, 0.15) is 16.4 Å². The predicted octanol–water partition coefficient (Wildman–Crippen LogP) is 2.52. The Kier molecular flexibility index (Phi) is 6.08. The molecule has 0 aromatic carbocycles. The lowest BCUT2D eigenvalue weighted by Gasteiger charge is -2.23. The molecule has 136 valence electrons. The second kappa shape index (κ2) is 7.72. The smallest absolute Gasteiger partial charge is 0.244 e. The fourth-order valence-corrected chi connectivity index (χ4v) is 4.55. The molecule has 8 heteroatoms. The van der Waals surface area contributed by atoms with E-state index in [1.165, 1.54) is 13.0 Å². The van der Waals surface area contributed by atoms with Gasteiger partial charge in [0.05, 0.1) is 5.75 Å². The molecule has 1 N–H and O–H groups in total. The van der Waals surface area contributed by atoms with E-state index < -0.39 is 16.1 Å². The lowest BCUT2D eigenvalue weighted by Crippen LogP contribution is -2.38. The quantitative estimate of drug-likeness (QED) is 0.811. The second-order valence-corrected chi connectivity index (χ2v) is 8.80. The maximum atomic E-state index is 12.5. The van der Waals surface area contributed by atoms with Crippen LogP contribution in [0.25, 0.3) is 0 Å². The molecule has 25 heavy (non-hydrogen) atoms. The first kappa shape index (κ1) is 19.7. The zero-order valence-electron chi connectivity index (χ0n) is 14.5. The summed E-state index contributed by atoms with van der Waals surface area (Å²) in [5.41, 5.74) is 0.493. The van der Waals surface area contributed by atoms with Crippen LogP contribution in [0, 0.1) is 19.8 Å². The number of rotatable bonds is 6. The van der Waals surface area contributed by atoms with Crippen molar-refractivity contribution in [3.63, 3.8) is 0 Å². The summed E-state index contributed by atoms with van der Waals surface area (Å²) < 4.78 is 33.0. The van der Waals surface area contributed by atoms with Crippen LogP contribution in [-0.4, -0.2) is 31.1 Å². The van der Waals surface area contributed by atoms with Crippen LogP contribution in [0.3, 0.4) is 0 Å². The lowest BCUT2D eigenvalue weighted by molar-refractivity contribution is -0.113. The van der Waals surface area contributed by atoms with Crippen LogP contribution < -0.4 is 4.72 Å². The number of carbonyl (C=O) groups excluding carboxylic acids is 2.